The smallest absolute Gasteiger partial charge is 0.170 e. The van der Waals surface area contributed by atoms with Crippen LogP contribution < -0.4 is 4.74 Å². The highest BCUT2D eigenvalue weighted by Crippen LogP contribution is 2.40. The largest absolute Gasteiger partial charge is 0.508 e. The lowest BCUT2D eigenvalue weighted by Gasteiger charge is -2.38. The Morgan fingerprint density at radius 2 is 1.69 bits per heavy atom. The Bertz CT molecular complexity index is 1580. The molecular formula is C32H28F2N2O3. The summed E-state index contributed by atoms with van der Waals surface area (Å²) >= 11 is 0. The minimum Gasteiger partial charge on any atom is -0.508 e. The molecule has 5 nitrogen and oxygen atoms in total. The van der Waals surface area contributed by atoms with Gasteiger partial charge < -0.3 is 14.4 Å². The minimum absolute atomic E-state index is 0.156. The van der Waals surface area contributed by atoms with Crippen LogP contribution in [0.15, 0.2) is 95.5 Å². The maximum absolute atomic E-state index is 15.3. The lowest BCUT2D eigenvalue weighted by Crippen LogP contribution is -2.37. The molecule has 1 aliphatic heterocycles. The number of hydrogen-bond acceptors (Lipinski definition) is 5. The van der Waals surface area contributed by atoms with Crippen molar-refractivity contribution in [3.05, 3.63) is 125 Å². The number of para-hydroxylation sites is 1. The average Bonchev–Trinajstić information content (AvgIpc) is 3.38. The SMILES string of the molecule is Oc1ccccc1C(c1ccc(OCc2ccccc2)c(F)c1)N1CCC(c2noc3cc(F)ccc23)CC1. The van der Waals surface area contributed by atoms with Crippen molar-refractivity contribution < 1.29 is 23.1 Å². The zero-order valence-electron chi connectivity index (χ0n) is 21.3. The normalized spacial score (nSPS) is 15.4. The van der Waals surface area contributed by atoms with Gasteiger partial charge in [0.15, 0.2) is 17.1 Å². The topological polar surface area (TPSA) is 58.7 Å². The molecule has 1 aliphatic rings. The fraction of sp³-hybridized carbons (Fsp3) is 0.219. The van der Waals surface area contributed by atoms with Crippen LogP contribution in [0, 0.1) is 11.6 Å². The van der Waals surface area contributed by atoms with Gasteiger partial charge in [-0.15, -0.1) is 0 Å². The second-order valence-corrected chi connectivity index (χ2v) is 9.94. The summed E-state index contributed by atoms with van der Waals surface area (Å²) in [4.78, 5) is 2.26. The number of hydrogen-bond donors (Lipinski definition) is 1. The number of likely N-dealkylation sites (tertiary alicyclic amines) is 1. The van der Waals surface area contributed by atoms with Crippen LogP contribution in [0.3, 0.4) is 0 Å². The van der Waals surface area contributed by atoms with Crippen LogP contribution in [-0.2, 0) is 6.61 Å². The summed E-state index contributed by atoms with van der Waals surface area (Å²) in [5, 5.41) is 15.8. The van der Waals surface area contributed by atoms with Gasteiger partial charge in [0.1, 0.15) is 18.2 Å². The number of rotatable bonds is 7. The second-order valence-electron chi connectivity index (χ2n) is 9.94. The molecule has 0 saturated carbocycles. The summed E-state index contributed by atoms with van der Waals surface area (Å²) in [6, 6.07) is 26.0. The second kappa shape index (κ2) is 10.9. The molecule has 0 spiro atoms. The summed E-state index contributed by atoms with van der Waals surface area (Å²) in [6.07, 6.45) is 1.59. The van der Waals surface area contributed by atoms with Crippen LogP contribution in [0.25, 0.3) is 11.0 Å². The molecule has 1 unspecified atom stereocenters. The number of halogens is 2. The molecule has 1 saturated heterocycles. The monoisotopic (exact) mass is 526 g/mol. The van der Waals surface area contributed by atoms with Gasteiger partial charge in [0.2, 0.25) is 0 Å². The van der Waals surface area contributed by atoms with Gasteiger partial charge in [-0.2, -0.15) is 0 Å². The van der Waals surface area contributed by atoms with Crippen molar-refractivity contribution in [3.63, 3.8) is 0 Å². The van der Waals surface area contributed by atoms with Crippen LogP contribution in [0.2, 0.25) is 0 Å². The molecule has 6 rings (SSSR count). The van der Waals surface area contributed by atoms with E-state index in [1.165, 1.54) is 18.2 Å². The number of fused-ring (bicyclic) bond motifs is 1. The zero-order valence-corrected chi connectivity index (χ0v) is 21.3. The van der Waals surface area contributed by atoms with Gasteiger partial charge in [-0.05, 0) is 67.4 Å². The van der Waals surface area contributed by atoms with E-state index in [0.29, 0.717) is 18.7 Å². The van der Waals surface area contributed by atoms with E-state index in [4.69, 9.17) is 9.26 Å². The third kappa shape index (κ3) is 5.22. The molecule has 0 aliphatic carbocycles. The number of piperidine rings is 1. The van der Waals surface area contributed by atoms with E-state index in [9.17, 15) is 9.50 Å². The molecule has 0 amide bonds. The molecule has 2 heterocycles. The maximum atomic E-state index is 15.3. The van der Waals surface area contributed by atoms with Crippen LogP contribution in [-0.4, -0.2) is 28.3 Å². The summed E-state index contributed by atoms with van der Waals surface area (Å²) < 4.78 is 40.0. The lowest BCUT2D eigenvalue weighted by molar-refractivity contribution is 0.169. The molecule has 0 radical (unpaired) electrons. The summed E-state index contributed by atoms with van der Waals surface area (Å²) in [7, 11) is 0. The lowest BCUT2D eigenvalue weighted by atomic mass is 9.88. The van der Waals surface area contributed by atoms with Crippen LogP contribution in [0.4, 0.5) is 8.78 Å². The first-order valence-corrected chi connectivity index (χ1v) is 13.1. The molecule has 4 aromatic carbocycles. The number of nitrogens with zero attached hydrogens (tertiary/aromatic N) is 2. The fourth-order valence-corrected chi connectivity index (χ4v) is 5.50. The standard InChI is InChI=1S/C32H28F2N2O3/c33-24-11-12-26-30(19-24)39-35-31(26)22-14-16-36(17-15-22)32(25-8-4-5-9-28(25)37)23-10-13-29(27(34)18-23)38-20-21-6-2-1-3-7-21/h1-13,18-19,22,32,37H,14-17,20H2. The van der Waals surface area contributed by atoms with E-state index in [2.05, 4.69) is 10.1 Å². The van der Waals surface area contributed by atoms with Gasteiger partial charge >= 0.3 is 0 Å². The van der Waals surface area contributed by atoms with Gasteiger partial charge in [0, 0.05) is 22.9 Å². The first kappa shape index (κ1) is 25.1. The average molecular weight is 527 g/mol. The third-order valence-electron chi connectivity index (χ3n) is 7.48. The van der Waals surface area contributed by atoms with Gasteiger partial charge in [-0.25, -0.2) is 8.78 Å². The van der Waals surface area contributed by atoms with Gasteiger partial charge in [0.05, 0.1) is 11.7 Å². The fourth-order valence-electron chi connectivity index (χ4n) is 5.50. The Kier molecular flexibility index (Phi) is 6.99. The van der Waals surface area contributed by atoms with E-state index in [0.717, 1.165) is 40.6 Å². The Morgan fingerprint density at radius 3 is 2.46 bits per heavy atom. The Labute approximate surface area is 225 Å². The third-order valence-corrected chi connectivity index (χ3v) is 7.48. The molecule has 1 N–H and O–H groups in total. The molecular weight excluding hydrogens is 498 g/mol. The van der Waals surface area contributed by atoms with Crippen LogP contribution in [0.1, 0.15) is 47.2 Å². The zero-order chi connectivity index (χ0) is 26.8. The molecule has 1 fully saturated rings. The summed E-state index contributed by atoms with van der Waals surface area (Å²) in [6.45, 7) is 1.68. The predicted molar refractivity (Wildman–Crippen MR) is 145 cm³/mol. The van der Waals surface area contributed by atoms with Crippen molar-refractivity contribution in [2.24, 2.45) is 0 Å². The van der Waals surface area contributed by atoms with Gasteiger partial charge in [0.25, 0.3) is 0 Å². The highest BCUT2D eigenvalue weighted by Gasteiger charge is 2.31. The first-order valence-electron chi connectivity index (χ1n) is 13.1. The maximum Gasteiger partial charge on any atom is 0.170 e. The molecule has 5 aromatic rings. The van der Waals surface area contributed by atoms with E-state index in [1.807, 2.05) is 48.5 Å². The van der Waals surface area contributed by atoms with E-state index in [1.54, 1.807) is 24.3 Å². The minimum atomic E-state index is -0.444. The summed E-state index contributed by atoms with van der Waals surface area (Å²) in [5.41, 5.74) is 3.71. The number of aromatic hydroxyl groups is 1. The van der Waals surface area contributed by atoms with Gasteiger partial charge in [-0.1, -0.05) is 59.8 Å². The predicted octanol–water partition coefficient (Wildman–Crippen LogP) is 7.36. The van der Waals surface area contributed by atoms with Crippen LogP contribution in [0.5, 0.6) is 11.5 Å². The number of benzene rings is 4. The van der Waals surface area contributed by atoms with Crippen molar-refractivity contribution in [2.75, 3.05) is 13.1 Å². The highest BCUT2D eigenvalue weighted by atomic mass is 19.1. The van der Waals surface area contributed by atoms with Crippen molar-refractivity contribution in [1.29, 1.82) is 0 Å². The highest BCUT2D eigenvalue weighted by molar-refractivity contribution is 5.79. The number of phenolic OH excluding ortho intramolecular Hbond substituents is 1. The van der Waals surface area contributed by atoms with Crippen molar-refractivity contribution in [2.45, 2.75) is 31.4 Å². The van der Waals surface area contributed by atoms with E-state index in [-0.39, 0.29) is 35.9 Å². The van der Waals surface area contributed by atoms with Crippen molar-refractivity contribution in [1.82, 2.24) is 10.1 Å². The quantitative estimate of drug-likeness (QED) is 0.240. The molecule has 1 atom stereocenters. The molecule has 198 valence electrons. The number of aromatic nitrogens is 1. The molecule has 39 heavy (non-hydrogen) atoms. The van der Waals surface area contributed by atoms with Gasteiger partial charge in [-0.3, -0.25) is 4.90 Å². The molecule has 1 aromatic heterocycles. The summed E-state index contributed by atoms with van der Waals surface area (Å²) in [5.74, 6) is -0.289. The van der Waals surface area contributed by atoms with Crippen molar-refractivity contribution in [3.8, 4) is 11.5 Å². The van der Waals surface area contributed by atoms with Crippen LogP contribution >= 0.6 is 0 Å². The molecule has 0 bridgehead atoms. The van der Waals surface area contributed by atoms with Crippen molar-refractivity contribution >= 4 is 11.0 Å². The number of phenols is 1. The molecule has 7 heteroatoms. The Morgan fingerprint density at radius 1 is 0.923 bits per heavy atom. The van der Waals surface area contributed by atoms with E-state index >= 15 is 4.39 Å². The first-order chi connectivity index (χ1) is 19.1. The number of ether oxygens (including phenoxy) is 1. The Balaban J connectivity index is 1.24. The van der Waals surface area contributed by atoms with E-state index < -0.39 is 5.82 Å². The Hall–Kier alpha value is -4.23.